The summed E-state index contributed by atoms with van der Waals surface area (Å²) < 4.78 is 5.21. The second-order valence-electron chi connectivity index (χ2n) is 2.83. The van der Waals surface area contributed by atoms with Gasteiger partial charge in [0, 0.05) is 12.8 Å². The number of rotatable bonds is 4. The van der Waals surface area contributed by atoms with Gasteiger partial charge in [-0.25, -0.2) is 0 Å². The highest BCUT2D eigenvalue weighted by Gasteiger charge is 2.06. The molecule has 0 saturated heterocycles. The second-order valence-corrected chi connectivity index (χ2v) is 2.83. The summed E-state index contributed by atoms with van der Waals surface area (Å²) in [6, 6.07) is 1.84. The Morgan fingerprint density at radius 2 is 2.25 bits per heavy atom. The van der Waals surface area contributed by atoms with E-state index in [0.29, 0.717) is 12.0 Å². The number of aryl methyl sites for hydroxylation is 1. The molecule has 0 saturated carbocycles. The van der Waals surface area contributed by atoms with Gasteiger partial charge in [-0.1, -0.05) is 13.8 Å². The van der Waals surface area contributed by atoms with Crippen LogP contribution < -0.4 is 0 Å². The maximum atomic E-state index is 11.2. The van der Waals surface area contributed by atoms with Crippen LogP contribution in [0.5, 0.6) is 0 Å². The molecular formula is C10H14O2. The number of hydrogen-bond donors (Lipinski definition) is 0. The highest BCUT2D eigenvalue weighted by Crippen LogP contribution is 2.11. The summed E-state index contributed by atoms with van der Waals surface area (Å²) in [6.07, 6.45) is 4.06. The molecule has 0 radical (unpaired) electrons. The van der Waals surface area contributed by atoms with Gasteiger partial charge in [0.05, 0.1) is 5.56 Å². The maximum absolute atomic E-state index is 11.2. The van der Waals surface area contributed by atoms with Crippen LogP contribution in [0.15, 0.2) is 16.7 Å². The Morgan fingerprint density at radius 3 is 2.83 bits per heavy atom. The van der Waals surface area contributed by atoms with E-state index in [-0.39, 0.29) is 5.78 Å². The summed E-state index contributed by atoms with van der Waals surface area (Å²) in [5.74, 6) is 1.07. The monoisotopic (exact) mass is 166 g/mol. The van der Waals surface area contributed by atoms with Gasteiger partial charge in [-0.05, 0) is 12.5 Å². The van der Waals surface area contributed by atoms with Crippen molar-refractivity contribution in [3.8, 4) is 0 Å². The van der Waals surface area contributed by atoms with Crippen LogP contribution in [0.1, 0.15) is 42.8 Å². The first kappa shape index (κ1) is 9.04. The third-order valence-electron chi connectivity index (χ3n) is 1.79. The minimum Gasteiger partial charge on any atom is -0.469 e. The number of carbonyl (C=O) groups excluding carboxylic acids is 1. The summed E-state index contributed by atoms with van der Waals surface area (Å²) in [7, 11) is 0. The molecule has 0 unspecified atom stereocenters. The third kappa shape index (κ3) is 1.97. The zero-order valence-electron chi connectivity index (χ0n) is 7.59. The number of furan rings is 1. The Morgan fingerprint density at radius 1 is 1.50 bits per heavy atom. The van der Waals surface area contributed by atoms with Crippen molar-refractivity contribution in [3.63, 3.8) is 0 Å². The molecule has 0 aliphatic heterocycles. The Labute approximate surface area is 72.6 Å². The van der Waals surface area contributed by atoms with Crippen LogP contribution in [0.25, 0.3) is 0 Å². The zero-order valence-corrected chi connectivity index (χ0v) is 7.59. The van der Waals surface area contributed by atoms with Gasteiger partial charge in [-0.3, -0.25) is 4.79 Å². The SMILES string of the molecule is CCCc1cc(C(=O)CC)co1. The predicted molar refractivity (Wildman–Crippen MR) is 47.3 cm³/mol. The van der Waals surface area contributed by atoms with E-state index in [1.54, 1.807) is 6.26 Å². The van der Waals surface area contributed by atoms with Crippen molar-refractivity contribution in [2.24, 2.45) is 0 Å². The molecule has 0 atom stereocenters. The van der Waals surface area contributed by atoms with Gasteiger partial charge in [-0.2, -0.15) is 0 Å². The minimum atomic E-state index is 0.154. The quantitative estimate of drug-likeness (QED) is 0.644. The third-order valence-corrected chi connectivity index (χ3v) is 1.79. The van der Waals surface area contributed by atoms with Gasteiger partial charge in [0.2, 0.25) is 0 Å². The molecule has 2 nitrogen and oxygen atoms in total. The summed E-state index contributed by atoms with van der Waals surface area (Å²) in [5.41, 5.74) is 0.709. The van der Waals surface area contributed by atoms with Crippen LogP contribution in [0, 0.1) is 0 Å². The van der Waals surface area contributed by atoms with E-state index < -0.39 is 0 Å². The van der Waals surface area contributed by atoms with Crippen molar-refractivity contribution in [3.05, 3.63) is 23.7 Å². The molecule has 12 heavy (non-hydrogen) atoms. The lowest BCUT2D eigenvalue weighted by molar-refractivity contribution is 0.0987. The van der Waals surface area contributed by atoms with Crippen molar-refractivity contribution in [2.45, 2.75) is 33.1 Å². The Kier molecular flexibility index (Phi) is 3.09. The first-order valence-corrected chi connectivity index (χ1v) is 4.38. The van der Waals surface area contributed by atoms with Crippen molar-refractivity contribution in [1.82, 2.24) is 0 Å². The zero-order chi connectivity index (χ0) is 8.97. The number of carbonyl (C=O) groups is 1. The summed E-state index contributed by atoms with van der Waals surface area (Å²) in [6.45, 7) is 3.94. The molecule has 0 amide bonds. The average molecular weight is 166 g/mol. The van der Waals surface area contributed by atoms with Gasteiger partial charge in [0.15, 0.2) is 5.78 Å². The molecule has 1 rings (SSSR count). The van der Waals surface area contributed by atoms with E-state index >= 15 is 0 Å². The lowest BCUT2D eigenvalue weighted by Gasteiger charge is -1.88. The largest absolute Gasteiger partial charge is 0.469 e. The van der Waals surface area contributed by atoms with E-state index in [1.165, 1.54) is 0 Å². The van der Waals surface area contributed by atoms with E-state index in [9.17, 15) is 4.79 Å². The molecule has 0 fully saturated rings. The number of Topliss-reactive ketones (excluding diaryl/α,β-unsaturated/α-hetero) is 1. The molecule has 0 bridgehead atoms. The van der Waals surface area contributed by atoms with E-state index in [4.69, 9.17) is 4.42 Å². The fourth-order valence-corrected chi connectivity index (χ4v) is 1.11. The van der Waals surface area contributed by atoms with Crippen LogP contribution >= 0.6 is 0 Å². The lowest BCUT2D eigenvalue weighted by Crippen LogP contribution is -1.92. The molecule has 1 heterocycles. The van der Waals surface area contributed by atoms with Crippen LogP contribution in [0.4, 0.5) is 0 Å². The van der Waals surface area contributed by atoms with Gasteiger partial charge < -0.3 is 4.42 Å². The highest BCUT2D eigenvalue weighted by molar-refractivity contribution is 5.95. The predicted octanol–water partition coefficient (Wildman–Crippen LogP) is 2.82. The Hall–Kier alpha value is -1.05. The van der Waals surface area contributed by atoms with Crippen LogP contribution in [0.3, 0.4) is 0 Å². The first-order chi connectivity index (χ1) is 5.77. The molecule has 0 N–H and O–H groups in total. The Bertz CT molecular complexity index is 261. The minimum absolute atomic E-state index is 0.154. The van der Waals surface area contributed by atoms with Crippen LogP contribution in [0.2, 0.25) is 0 Å². The molecule has 0 aliphatic rings. The molecule has 1 aromatic heterocycles. The Balaban J connectivity index is 2.70. The smallest absolute Gasteiger partial charge is 0.165 e. The molecular weight excluding hydrogens is 152 g/mol. The number of ketones is 1. The summed E-state index contributed by atoms with van der Waals surface area (Å²) >= 11 is 0. The van der Waals surface area contributed by atoms with E-state index in [0.717, 1.165) is 18.6 Å². The normalized spacial score (nSPS) is 10.2. The number of hydrogen-bond acceptors (Lipinski definition) is 2. The summed E-state index contributed by atoms with van der Waals surface area (Å²) in [5, 5.41) is 0. The van der Waals surface area contributed by atoms with E-state index in [1.807, 2.05) is 13.0 Å². The van der Waals surface area contributed by atoms with Crippen molar-refractivity contribution in [1.29, 1.82) is 0 Å². The second kappa shape index (κ2) is 4.10. The van der Waals surface area contributed by atoms with Gasteiger partial charge in [0.1, 0.15) is 12.0 Å². The maximum Gasteiger partial charge on any atom is 0.165 e. The molecule has 0 aliphatic carbocycles. The first-order valence-electron chi connectivity index (χ1n) is 4.38. The van der Waals surface area contributed by atoms with Crippen LogP contribution in [-0.2, 0) is 6.42 Å². The fraction of sp³-hybridized carbons (Fsp3) is 0.500. The van der Waals surface area contributed by atoms with Crippen molar-refractivity contribution in [2.75, 3.05) is 0 Å². The standard InChI is InChI=1S/C10H14O2/c1-3-5-9-6-8(7-12-9)10(11)4-2/h6-7H,3-5H2,1-2H3. The molecule has 66 valence electrons. The van der Waals surface area contributed by atoms with Gasteiger partial charge >= 0.3 is 0 Å². The topological polar surface area (TPSA) is 30.2 Å². The fourth-order valence-electron chi connectivity index (χ4n) is 1.11. The summed E-state index contributed by atoms with van der Waals surface area (Å²) in [4.78, 5) is 11.2. The molecule has 1 aromatic rings. The van der Waals surface area contributed by atoms with E-state index in [2.05, 4.69) is 6.92 Å². The van der Waals surface area contributed by atoms with Crippen molar-refractivity contribution < 1.29 is 9.21 Å². The van der Waals surface area contributed by atoms with Gasteiger partial charge in [0.25, 0.3) is 0 Å². The molecule has 0 aromatic carbocycles. The van der Waals surface area contributed by atoms with Crippen molar-refractivity contribution >= 4 is 5.78 Å². The molecule has 2 heteroatoms. The molecule has 0 spiro atoms. The lowest BCUT2D eigenvalue weighted by atomic mass is 10.1. The highest BCUT2D eigenvalue weighted by atomic mass is 16.3. The average Bonchev–Trinajstić information content (AvgIpc) is 2.52. The van der Waals surface area contributed by atoms with Crippen LogP contribution in [-0.4, -0.2) is 5.78 Å². The van der Waals surface area contributed by atoms with Gasteiger partial charge in [-0.15, -0.1) is 0 Å².